The molecule has 0 aromatic rings. The second-order valence-corrected chi connectivity index (χ2v) is 5.20. The number of aldehydes is 1. The van der Waals surface area contributed by atoms with E-state index >= 15 is 0 Å². The van der Waals surface area contributed by atoms with Crippen LogP contribution in [-0.4, -0.2) is 6.29 Å². The van der Waals surface area contributed by atoms with E-state index in [4.69, 9.17) is 0 Å². The molecule has 19 heavy (non-hydrogen) atoms. The number of unbranched alkanes of at least 4 members (excludes halogenated alkanes) is 10. The summed E-state index contributed by atoms with van der Waals surface area (Å²) in [6.07, 6.45) is 24.8. The Morgan fingerprint density at radius 1 is 0.632 bits per heavy atom. The van der Waals surface area contributed by atoms with Gasteiger partial charge in [-0.1, -0.05) is 70.1 Å². The van der Waals surface area contributed by atoms with Gasteiger partial charge in [0.05, 0.1) is 0 Å². The van der Waals surface area contributed by atoms with Crippen LogP contribution in [-0.2, 0) is 4.79 Å². The first-order valence-corrected chi connectivity index (χ1v) is 8.17. The van der Waals surface area contributed by atoms with E-state index in [0.29, 0.717) is 0 Å². The SMILES string of the molecule is CCC=CCCCCCCCCCCC/C=C/C=O. The van der Waals surface area contributed by atoms with Crippen molar-refractivity contribution >= 4 is 6.29 Å². The van der Waals surface area contributed by atoms with E-state index in [-0.39, 0.29) is 0 Å². The topological polar surface area (TPSA) is 17.1 Å². The molecule has 0 aliphatic rings. The van der Waals surface area contributed by atoms with Crippen LogP contribution in [0, 0.1) is 0 Å². The molecule has 0 fully saturated rings. The monoisotopic (exact) mass is 264 g/mol. The Morgan fingerprint density at radius 3 is 1.58 bits per heavy atom. The molecule has 0 atom stereocenters. The molecular weight excluding hydrogens is 232 g/mol. The summed E-state index contributed by atoms with van der Waals surface area (Å²) in [5.41, 5.74) is 0. The van der Waals surface area contributed by atoms with Crippen LogP contribution in [0.3, 0.4) is 0 Å². The van der Waals surface area contributed by atoms with Crippen LogP contribution in [0.15, 0.2) is 24.3 Å². The molecule has 0 aliphatic heterocycles. The van der Waals surface area contributed by atoms with Gasteiger partial charge in [0.15, 0.2) is 0 Å². The molecule has 0 spiro atoms. The maximum absolute atomic E-state index is 10.0. The molecule has 0 saturated carbocycles. The van der Waals surface area contributed by atoms with Crippen molar-refractivity contribution in [3.8, 4) is 0 Å². The third-order valence-corrected chi connectivity index (χ3v) is 3.36. The van der Waals surface area contributed by atoms with Crippen molar-refractivity contribution in [2.24, 2.45) is 0 Å². The van der Waals surface area contributed by atoms with Crippen molar-refractivity contribution in [1.29, 1.82) is 0 Å². The van der Waals surface area contributed by atoms with Gasteiger partial charge in [-0.05, 0) is 38.2 Å². The lowest BCUT2D eigenvalue weighted by atomic mass is 10.1. The van der Waals surface area contributed by atoms with Crippen molar-refractivity contribution in [1.82, 2.24) is 0 Å². The number of hydrogen-bond donors (Lipinski definition) is 0. The number of carbonyl (C=O) groups is 1. The van der Waals surface area contributed by atoms with Gasteiger partial charge in [0.2, 0.25) is 0 Å². The number of hydrogen-bond acceptors (Lipinski definition) is 1. The third-order valence-electron chi connectivity index (χ3n) is 3.36. The van der Waals surface area contributed by atoms with E-state index in [1.807, 2.05) is 6.08 Å². The Labute approximate surface area is 120 Å². The van der Waals surface area contributed by atoms with Crippen LogP contribution in [0.5, 0.6) is 0 Å². The summed E-state index contributed by atoms with van der Waals surface area (Å²) in [5.74, 6) is 0. The highest BCUT2D eigenvalue weighted by Gasteiger charge is 1.92. The van der Waals surface area contributed by atoms with Gasteiger partial charge in [-0.3, -0.25) is 4.79 Å². The maximum atomic E-state index is 10.0. The average Bonchev–Trinajstić information content (AvgIpc) is 2.43. The standard InChI is InChI=1S/C18H32O/c1-2-3-4-5-6-7-8-9-10-11-12-13-14-15-16-17-18-19/h3-4,16-18H,2,5-15H2,1H3/b4-3?,17-16+. The van der Waals surface area contributed by atoms with Crippen LogP contribution in [0.4, 0.5) is 0 Å². The number of carbonyl (C=O) groups excluding carboxylic acids is 1. The lowest BCUT2D eigenvalue weighted by Crippen LogP contribution is -1.81. The van der Waals surface area contributed by atoms with Gasteiger partial charge in [0.1, 0.15) is 6.29 Å². The second-order valence-electron chi connectivity index (χ2n) is 5.20. The first-order valence-electron chi connectivity index (χ1n) is 8.17. The highest BCUT2D eigenvalue weighted by atomic mass is 16.1. The predicted octanol–water partition coefficient (Wildman–Crippen LogP) is 6.00. The molecule has 0 amide bonds. The van der Waals surface area contributed by atoms with Gasteiger partial charge in [-0.15, -0.1) is 0 Å². The van der Waals surface area contributed by atoms with Gasteiger partial charge >= 0.3 is 0 Å². The van der Waals surface area contributed by atoms with Gasteiger partial charge in [-0.2, -0.15) is 0 Å². The minimum absolute atomic E-state index is 0.859. The predicted molar refractivity (Wildman–Crippen MR) is 85.4 cm³/mol. The zero-order valence-electron chi connectivity index (χ0n) is 12.8. The van der Waals surface area contributed by atoms with E-state index < -0.39 is 0 Å². The average molecular weight is 264 g/mol. The normalized spacial score (nSPS) is 11.6. The van der Waals surface area contributed by atoms with Crippen molar-refractivity contribution in [3.63, 3.8) is 0 Å². The van der Waals surface area contributed by atoms with E-state index in [1.54, 1.807) is 6.08 Å². The van der Waals surface area contributed by atoms with Crippen LogP contribution >= 0.6 is 0 Å². The van der Waals surface area contributed by atoms with Crippen molar-refractivity contribution in [3.05, 3.63) is 24.3 Å². The van der Waals surface area contributed by atoms with Crippen molar-refractivity contribution in [2.75, 3.05) is 0 Å². The molecular formula is C18H32O. The van der Waals surface area contributed by atoms with E-state index in [9.17, 15) is 4.79 Å². The zero-order chi connectivity index (χ0) is 14.0. The van der Waals surface area contributed by atoms with Gasteiger partial charge in [-0.25, -0.2) is 0 Å². The smallest absolute Gasteiger partial charge is 0.142 e. The van der Waals surface area contributed by atoms with Gasteiger partial charge in [0.25, 0.3) is 0 Å². The first-order chi connectivity index (χ1) is 9.41. The highest BCUT2D eigenvalue weighted by Crippen LogP contribution is 2.11. The zero-order valence-corrected chi connectivity index (χ0v) is 12.8. The summed E-state index contributed by atoms with van der Waals surface area (Å²) in [5, 5.41) is 0. The minimum atomic E-state index is 0.859. The summed E-state index contributed by atoms with van der Waals surface area (Å²) < 4.78 is 0. The molecule has 0 N–H and O–H groups in total. The highest BCUT2D eigenvalue weighted by molar-refractivity contribution is 5.64. The molecule has 0 radical (unpaired) electrons. The Bertz CT molecular complexity index is 228. The summed E-state index contributed by atoms with van der Waals surface area (Å²) in [6, 6.07) is 0. The first kappa shape index (κ1) is 18.1. The molecule has 0 aliphatic carbocycles. The molecule has 0 saturated heterocycles. The molecule has 0 heterocycles. The van der Waals surface area contributed by atoms with Crippen LogP contribution < -0.4 is 0 Å². The lowest BCUT2D eigenvalue weighted by Gasteiger charge is -2.01. The fourth-order valence-corrected chi connectivity index (χ4v) is 2.20. The molecule has 1 nitrogen and oxygen atoms in total. The molecule has 1 heteroatoms. The molecule has 0 aromatic heterocycles. The summed E-state index contributed by atoms with van der Waals surface area (Å²) in [6.45, 7) is 2.19. The Balaban J connectivity index is 3.00. The summed E-state index contributed by atoms with van der Waals surface area (Å²) in [4.78, 5) is 10.0. The quantitative estimate of drug-likeness (QED) is 0.163. The summed E-state index contributed by atoms with van der Waals surface area (Å²) in [7, 11) is 0. The number of rotatable bonds is 14. The van der Waals surface area contributed by atoms with E-state index in [0.717, 1.165) is 12.7 Å². The van der Waals surface area contributed by atoms with Crippen molar-refractivity contribution in [2.45, 2.75) is 84.0 Å². The lowest BCUT2D eigenvalue weighted by molar-refractivity contribution is -0.104. The Kier molecular flexibility index (Phi) is 16.4. The Morgan fingerprint density at radius 2 is 1.11 bits per heavy atom. The molecule has 0 rings (SSSR count). The van der Waals surface area contributed by atoms with Crippen LogP contribution in [0.1, 0.15) is 84.0 Å². The van der Waals surface area contributed by atoms with E-state index in [1.165, 1.54) is 70.6 Å². The van der Waals surface area contributed by atoms with Crippen molar-refractivity contribution < 1.29 is 4.79 Å². The van der Waals surface area contributed by atoms with E-state index in [2.05, 4.69) is 19.1 Å². The molecule has 0 aromatic carbocycles. The molecule has 0 unspecified atom stereocenters. The largest absolute Gasteiger partial charge is 0.299 e. The second kappa shape index (κ2) is 17.2. The molecule has 0 bridgehead atoms. The van der Waals surface area contributed by atoms with Gasteiger partial charge in [0, 0.05) is 0 Å². The van der Waals surface area contributed by atoms with Gasteiger partial charge < -0.3 is 0 Å². The fraction of sp³-hybridized carbons (Fsp3) is 0.722. The minimum Gasteiger partial charge on any atom is -0.299 e. The molecule has 110 valence electrons. The van der Waals surface area contributed by atoms with Crippen LogP contribution in [0.2, 0.25) is 0 Å². The Hall–Kier alpha value is -0.850. The summed E-state index contributed by atoms with van der Waals surface area (Å²) >= 11 is 0. The maximum Gasteiger partial charge on any atom is 0.142 e. The fourth-order valence-electron chi connectivity index (χ4n) is 2.20. The van der Waals surface area contributed by atoms with Crippen LogP contribution in [0.25, 0.3) is 0 Å². The number of allylic oxidation sites excluding steroid dienone is 4. The third kappa shape index (κ3) is 17.1.